The van der Waals surface area contributed by atoms with Crippen molar-refractivity contribution in [3.05, 3.63) is 106 Å². The van der Waals surface area contributed by atoms with Gasteiger partial charge in [0.2, 0.25) is 0 Å². The quantitative estimate of drug-likeness (QED) is 0.402. The Hall–Kier alpha value is -2.09. The molecule has 0 heterocycles. The standard InChI is InChI=1S/C27H31ClO/c1-25(2,3)20-16-18-22(19-17-20)27(29-26(4,5)6,21-12-8-7-9-13-21)23-14-10-11-15-24(23)28/h7-19H,1-6H3. The minimum Gasteiger partial charge on any atom is -0.355 e. The molecule has 0 saturated carbocycles. The van der Waals surface area contributed by atoms with E-state index in [0.29, 0.717) is 5.02 Å². The highest BCUT2D eigenvalue weighted by Gasteiger charge is 2.42. The lowest BCUT2D eigenvalue weighted by atomic mass is 9.78. The molecule has 3 aromatic carbocycles. The van der Waals surface area contributed by atoms with E-state index >= 15 is 0 Å². The first-order valence-corrected chi connectivity index (χ1v) is 10.5. The maximum Gasteiger partial charge on any atom is 0.145 e. The van der Waals surface area contributed by atoms with Crippen LogP contribution >= 0.6 is 11.6 Å². The normalized spacial score (nSPS) is 14.4. The van der Waals surface area contributed by atoms with Gasteiger partial charge >= 0.3 is 0 Å². The summed E-state index contributed by atoms with van der Waals surface area (Å²) in [6.45, 7) is 13.0. The minimum absolute atomic E-state index is 0.0865. The van der Waals surface area contributed by atoms with Crippen LogP contribution in [-0.4, -0.2) is 5.60 Å². The van der Waals surface area contributed by atoms with E-state index in [2.05, 4.69) is 96.1 Å². The molecule has 0 radical (unpaired) electrons. The molecule has 0 aliphatic rings. The van der Waals surface area contributed by atoms with Crippen molar-refractivity contribution in [1.82, 2.24) is 0 Å². The van der Waals surface area contributed by atoms with E-state index in [1.165, 1.54) is 5.56 Å². The summed E-state index contributed by atoms with van der Waals surface area (Å²) in [5.41, 5.74) is 3.26. The third-order valence-corrected chi connectivity index (χ3v) is 5.38. The molecule has 1 nitrogen and oxygen atoms in total. The highest BCUT2D eigenvalue weighted by Crippen LogP contribution is 2.46. The summed E-state index contributed by atoms with van der Waals surface area (Å²) in [7, 11) is 0. The van der Waals surface area contributed by atoms with Crippen molar-refractivity contribution >= 4 is 11.6 Å². The molecule has 2 heteroatoms. The van der Waals surface area contributed by atoms with Gasteiger partial charge in [0.25, 0.3) is 0 Å². The maximum absolute atomic E-state index is 6.91. The van der Waals surface area contributed by atoms with Crippen LogP contribution in [-0.2, 0) is 15.8 Å². The van der Waals surface area contributed by atoms with Crippen LogP contribution < -0.4 is 0 Å². The Morgan fingerprint density at radius 3 is 1.59 bits per heavy atom. The molecule has 0 aliphatic carbocycles. The topological polar surface area (TPSA) is 9.23 Å². The molecule has 152 valence electrons. The van der Waals surface area contributed by atoms with Gasteiger partial charge in [0, 0.05) is 10.6 Å². The van der Waals surface area contributed by atoms with E-state index < -0.39 is 11.2 Å². The Labute approximate surface area is 180 Å². The van der Waals surface area contributed by atoms with E-state index in [1.807, 2.05) is 24.3 Å². The van der Waals surface area contributed by atoms with Crippen molar-refractivity contribution in [1.29, 1.82) is 0 Å². The van der Waals surface area contributed by atoms with Crippen molar-refractivity contribution in [3.63, 3.8) is 0 Å². The van der Waals surface area contributed by atoms with Crippen LogP contribution in [0.15, 0.2) is 78.9 Å². The molecule has 0 aromatic heterocycles. The summed E-state index contributed by atoms with van der Waals surface area (Å²) in [4.78, 5) is 0. The van der Waals surface area contributed by atoms with Crippen LogP contribution in [0.5, 0.6) is 0 Å². The Bertz CT molecular complexity index is 946. The molecular formula is C27H31ClO. The first kappa shape index (κ1) is 21.6. The maximum atomic E-state index is 6.91. The van der Waals surface area contributed by atoms with Crippen molar-refractivity contribution in [2.45, 2.75) is 58.2 Å². The van der Waals surface area contributed by atoms with E-state index in [0.717, 1.165) is 16.7 Å². The average Bonchev–Trinajstić information content (AvgIpc) is 2.66. The Kier molecular flexibility index (Phi) is 5.94. The molecule has 1 atom stereocenters. The second-order valence-corrected chi connectivity index (χ2v) is 9.98. The average molecular weight is 407 g/mol. The third kappa shape index (κ3) is 4.57. The van der Waals surface area contributed by atoms with Crippen LogP contribution in [0.4, 0.5) is 0 Å². The lowest BCUT2D eigenvalue weighted by molar-refractivity contribution is -0.0916. The van der Waals surface area contributed by atoms with Gasteiger partial charge in [-0.05, 0) is 48.9 Å². The van der Waals surface area contributed by atoms with Crippen molar-refractivity contribution in [3.8, 4) is 0 Å². The number of benzene rings is 3. The third-order valence-electron chi connectivity index (χ3n) is 5.05. The monoisotopic (exact) mass is 406 g/mol. The molecule has 29 heavy (non-hydrogen) atoms. The number of rotatable bonds is 4. The second-order valence-electron chi connectivity index (χ2n) is 9.57. The van der Waals surface area contributed by atoms with E-state index in [-0.39, 0.29) is 5.41 Å². The molecule has 1 unspecified atom stereocenters. The van der Waals surface area contributed by atoms with E-state index in [1.54, 1.807) is 0 Å². The van der Waals surface area contributed by atoms with Gasteiger partial charge in [-0.15, -0.1) is 0 Å². The highest BCUT2D eigenvalue weighted by atomic mass is 35.5. The zero-order chi connectivity index (χ0) is 21.3. The van der Waals surface area contributed by atoms with Gasteiger partial charge in [-0.1, -0.05) is 105 Å². The molecule has 0 N–H and O–H groups in total. The molecule has 0 bridgehead atoms. The first-order valence-electron chi connectivity index (χ1n) is 10.2. The van der Waals surface area contributed by atoms with Crippen LogP contribution in [0, 0.1) is 0 Å². The van der Waals surface area contributed by atoms with Crippen molar-refractivity contribution < 1.29 is 4.74 Å². The van der Waals surface area contributed by atoms with Gasteiger partial charge in [-0.25, -0.2) is 0 Å². The molecule has 0 spiro atoms. The van der Waals surface area contributed by atoms with Gasteiger partial charge < -0.3 is 4.74 Å². The van der Waals surface area contributed by atoms with Crippen molar-refractivity contribution in [2.75, 3.05) is 0 Å². The lowest BCUT2D eigenvalue weighted by Crippen LogP contribution is -2.40. The molecular weight excluding hydrogens is 376 g/mol. The number of hydrogen-bond donors (Lipinski definition) is 0. The Balaban J connectivity index is 2.34. The Morgan fingerprint density at radius 2 is 1.07 bits per heavy atom. The zero-order valence-corrected chi connectivity index (χ0v) is 19.0. The molecule has 0 amide bonds. The van der Waals surface area contributed by atoms with Gasteiger partial charge in [0.05, 0.1) is 5.60 Å². The number of ether oxygens (including phenoxy) is 1. The fraction of sp³-hybridized carbons (Fsp3) is 0.333. The molecule has 0 fully saturated rings. The van der Waals surface area contributed by atoms with Crippen LogP contribution in [0.25, 0.3) is 0 Å². The van der Waals surface area contributed by atoms with Gasteiger partial charge in [0.1, 0.15) is 5.60 Å². The summed E-state index contributed by atoms with van der Waals surface area (Å²) in [6, 6.07) is 27.1. The number of hydrogen-bond acceptors (Lipinski definition) is 1. The highest BCUT2D eigenvalue weighted by molar-refractivity contribution is 6.31. The van der Waals surface area contributed by atoms with Gasteiger partial charge in [-0.2, -0.15) is 0 Å². The fourth-order valence-electron chi connectivity index (χ4n) is 3.73. The molecule has 0 aliphatic heterocycles. The van der Waals surface area contributed by atoms with Crippen LogP contribution in [0.3, 0.4) is 0 Å². The zero-order valence-electron chi connectivity index (χ0n) is 18.3. The van der Waals surface area contributed by atoms with Gasteiger partial charge in [0.15, 0.2) is 0 Å². The summed E-state index contributed by atoms with van der Waals surface area (Å²) < 4.78 is 6.91. The second kappa shape index (κ2) is 7.97. The molecule has 3 aromatic rings. The minimum atomic E-state index is -0.811. The smallest absolute Gasteiger partial charge is 0.145 e. The summed E-state index contributed by atoms with van der Waals surface area (Å²) >= 11 is 6.76. The number of halogens is 1. The predicted octanol–water partition coefficient (Wildman–Crippen LogP) is 7.74. The summed E-state index contributed by atoms with van der Waals surface area (Å²) in [5, 5.41) is 0.695. The lowest BCUT2D eigenvalue weighted by Gasteiger charge is -2.41. The van der Waals surface area contributed by atoms with E-state index in [9.17, 15) is 0 Å². The SMILES string of the molecule is CC(C)(C)OC(c1ccccc1)(c1ccc(C(C)(C)C)cc1)c1ccccc1Cl. The van der Waals surface area contributed by atoms with E-state index in [4.69, 9.17) is 16.3 Å². The van der Waals surface area contributed by atoms with Crippen LogP contribution in [0.2, 0.25) is 5.02 Å². The summed E-state index contributed by atoms with van der Waals surface area (Å²) in [6.07, 6.45) is 0. The van der Waals surface area contributed by atoms with Crippen molar-refractivity contribution in [2.24, 2.45) is 0 Å². The molecule has 0 saturated heterocycles. The summed E-state index contributed by atoms with van der Waals surface area (Å²) in [5.74, 6) is 0. The van der Waals surface area contributed by atoms with Crippen LogP contribution in [0.1, 0.15) is 63.8 Å². The Morgan fingerprint density at radius 1 is 0.586 bits per heavy atom. The predicted molar refractivity (Wildman–Crippen MR) is 124 cm³/mol. The molecule has 3 rings (SSSR count). The first-order chi connectivity index (χ1) is 13.5. The van der Waals surface area contributed by atoms with Gasteiger partial charge in [-0.3, -0.25) is 0 Å². The largest absolute Gasteiger partial charge is 0.355 e. The fourth-order valence-corrected chi connectivity index (χ4v) is 4.00.